The molecule has 6 nitrogen and oxygen atoms in total. The van der Waals surface area contributed by atoms with Crippen molar-refractivity contribution in [2.75, 3.05) is 32.4 Å². The number of amides is 2. The van der Waals surface area contributed by atoms with Gasteiger partial charge in [0.05, 0.1) is 12.1 Å². The number of nitrogen functional groups attached to an aromatic ring is 1. The SMILES string of the molecule is CNC(=O)CN1CCC(NC(=O)c2ccccc2N)CC1.Cl.Cl. The Bertz CT molecular complexity index is 520. The van der Waals surface area contributed by atoms with Crippen LogP contribution in [-0.4, -0.2) is 49.4 Å². The second-order valence-corrected chi connectivity index (χ2v) is 5.28. The number of nitrogens with one attached hydrogen (secondary N) is 2. The molecule has 1 heterocycles. The van der Waals surface area contributed by atoms with Gasteiger partial charge < -0.3 is 16.4 Å². The quantitative estimate of drug-likeness (QED) is 0.698. The second kappa shape index (κ2) is 10.3. The zero-order chi connectivity index (χ0) is 15.2. The summed E-state index contributed by atoms with van der Waals surface area (Å²) in [6, 6.07) is 7.20. The molecule has 2 amide bonds. The number of anilines is 1. The summed E-state index contributed by atoms with van der Waals surface area (Å²) in [6.45, 7) is 2.04. The molecule has 8 heteroatoms. The molecule has 1 aromatic carbocycles. The first-order valence-corrected chi connectivity index (χ1v) is 7.18. The summed E-state index contributed by atoms with van der Waals surface area (Å²) in [7, 11) is 1.64. The Morgan fingerprint density at radius 2 is 1.83 bits per heavy atom. The van der Waals surface area contributed by atoms with Crippen molar-refractivity contribution in [3.05, 3.63) is 29.8 Å². The number of likely N-dealkylation sites (N-methyl/N-ethyl adjacent to an activating group) is 1. The fourth-order valence-corrected chi connectivity index (χ4v) is 2.48. The van der Waals surface area contributed by atoms with Gasteiger partial charge in [0.1, 0.15) is 0 Å². The molecule has 4 N–H and O–H groups in total. The molecule has 2 rings (SSSR count). The number of nitrogens with two attached hydrogens (primary N) is 1. The first-order chi connectivity index (χ1) is 10.1. The molecule has 1 fully saturated rings. The van der Waals surface area contributed by atoms with Crippen LogP contribution in [0.4, 0.5) is 5.69 Å². The van der Waals surface area contributed by atoms with Crippen molar-refractivity contribution in [1.29, 1.82) is 0 Å². The van der Waals surface area contributed by atoms with Crippen molar-refractivity contribution in [2.24, 2.45) is 0 Å². The number of carbonyl (C=O) groups is 2. The van der Waals surface area contributed by atoms with Crippen LogP contribution >= 0.6 is 24.8 Å². The molecule has 0 unspecified atom stereocenters. The summed E-state index contributed by atoms with van der Waals surface area (Å²) >= 11 is 0. The second-order valence-electron chi connectivity index (χ2n) is 5.28. The van der Waals surface area contributed by atoms with Gasteiger partial charge in [-0.1, -0.05) is 12.1 Å². The minimum absolute atomic E-state index is 0. The van der Waals surface area contributed by atoms with Crippen LogP contribution in [-0.2, 0) is 4.79 Å². The minimum atomic E-state index is -0.127. The molecule has 23 heavy (non-hydrogen) atoms. The van der Waals surface area contributed by atoms with E-state index in [0.717, 1.165) is 25.9 Å². The number of carbonyl (C=O) groups excluding carboxylic acids is 2. The van der Waals surface area contributed by atoms with Crippen LogP contribution < -0.4 is 16.4 Å². The molecule has 0 atom stereocenters. The average Bonchev–Trinajstić information content (AvgIpc) is 2.49. The van der Waals surface area contributed by atoms with Gasteiger partial charge in [0.25, 0.3) is 5.91 Å². The number of rotatable bonds is 4. The van der Waals surface area contributed by atoms with Crippen LogP contribution in [0.2, 0.25) is 0 Å². The third-order valence-corrected chi connectivity index (χ3v) is 3.77. The zero-order valence-corrected chi connectivity index (χ0v) is 14.7. The van der Waals surface area contributed by atoms with Gasteiger partial charge in [0.2, 0.25) is 5.91 Å². The molecule has 0 bridgehead atoms. The van der Waals surface area contributed by atoms with Gasteiger partial charge in [-0.2, -0.15) is 0 Å². The molecule has 0 radical (unpaired) electrons. The number of para-hydroxylation sites is 1. The summed E-state index contributed by atoms with van der Waals surface area (Å²) in [5.74, 6) is -0.104. The first kappa shape index (κ1) is 21.5. The lowest BCUT2D eigenvalue weighted by Crippen LogP contribution is -2.47. The van der Waals surface area contributed by atoms with Gasteiger partial charge in [0, 0.05) is 31.9 Å². The van der Waals surface area contributed by atoms with Crippen LogP contribution in [0.1, 0.15) is 23.2 Å². The molecule has 1 aliphatic rings. The van der Waals surface area contributed by atoms with Crippen molar-refractivity contribution in [1.82, 2.24) is 15.5 Å². The predicted molar refractivity (Wildman–Crippen MR) is 96.3 cm³/mol. The van der Waals surface area contributed by atoms with Gasteiger partial charge in [-0.05, 0) is 25.0 Å². The molecule has 0 spiro atoms. The molecular formula is C15H24Cl2N4O2. The monoisotopic (exact) mass is 362 g/mol. The molecule has 130 valence electrons. The number of hydrogen-bond acceptors (Lipinski definition) is 4. The summed E-state index contributed by atoms with van der Waals surface area (Å²) in [5, 5.41) is 5.64. The number of likely N-dealkylation sites (tertiary alicyclic amines) is 1. The Kier molecular flexibility index (Phi) is 9.64. The van der Waals surface area contributed by atoms with Crippen molar-refractivity contribution < 1.29 is 9.59 Å². The van der Waals surface area contributed by atoms with Crippen LogP contribution in [0.15, 0.2) is 24.3 Å². The molecule has 0 saturated carbocycles. The number of benzene rings is 1. The van der Waals surface area contributed by atoms with Crippen molar-refractivity contribution >= 4 is 42.3 Å². The smallest absolute Gasteiger partial charge is 0.253 e. The molecule has 1 aromatic rings. The molecular weight excluding hydrogens is 339 g/mol. The van der Waals surface area contributed by atoms with Gasteiger partial charge in [-0.25, -0.2) is 0 Å². The summed E-state index contributed by atoms with van der Waals surface area (Å²) in [4.78, 5) is 25.6. The summed E-state index contributed by atoms with van der Waals surface area (Å²) in [6.07, 6.45) is 1.69. The number of halogens is 2. The summed E-state index contributed by atoms with van der Waals surface area (Å²) in [5.41, 5.74) is 6.82. The van der Waals surface area contributed by atoms with E-state index >= 15 is 0 Å². The normalized spacial score (nSPS) is 15.0. The highest BCUT2D eigenvalue weighted by molar-refractivity contribution is 5.99. The van der Waals surface area contributed by atoms with Crippen LogP contribution in [0, 0.1) is 0 Å². The largest absolute Gasteiger partial charge is 0.398 e. The van der Waals surface area contributed by atoms with Crippen LogP contribution in [0.3, 0.4) is 0 Å². The molecule has 1 aliphatic heterocycles. The average molecular weight is 363 g/mol. The van der Waals surface area contributed by atoms with Gasteiger partial charge in [-0.3, -0.25) is 14.5 Å². The zero-order valence-electron chi connectivity index (χ0n) is 13.1. The Labute approximate surface area is 149 Å². The topological polar surface area (TPSA) is 87.5 Å². The van der Waals surface area contributed by atoms with E-state index in [2.05, 4.69) is 15.5 Å². The first-order valence-electron chi connectivity index (χ1n) is 7.18. The fourth-order valence-electron chi connectivity index (χ4n) is 2.48. The molecule has 0 aliphatic carbocycles. The Morgan fingerprint density at radius 1 is 1.22 bits per heavy atom. The van der Waals surface area contributed by atoms with E-state index in [1.54, 1.807) is 25.2 Å². The molecule has 0 aromatic heterocycles. The van der Waals surface area contributed by atoms with E-state index in [4.69, 9.17) is 5.73 Å². The predicted octanol–water partition coefficient (Wildman–Crippen LogP) is 1.05. The van der Waals surface area contributed by atoms with Crippen LogP contribution in [0.5, 0.6) is 0 Å². The fraction of sp³-hybridized carbons (Fsp3) is 0.467. The maximum absolute atomic E-state index is 12.2. The lowest BCUT2D eigenvalue weighted by atomic mass is 10.0. The summed E-state index contributed by atoms with van der Waals surface area (Å²) < 4.78 is 0. The van der Waals surface area contributed by atoms with Crippen molar-refractivity contribution in [3.8, 4) is 0 Å². The van der Waals surface area contributed by atoms with Crippen LogP contribution in [0.25, 0.3) is 0 Å². The van der Waals surface area contributed by atoms with Gasteiger partial charge in [-0.15, -0.1) is 24.8 Å². The maximum atomic E-state index is 12.2. The van der Waals surface area contributed by atoms with Gasteiger partial charge >= 0.3 is 0 Å². The third kappa shape index (κ3) is 6.25. The van der Waals surface area contributed by atoms with E-state index in [0.29, 0.717) is 17.8 Å². The van der Waals surface area contributed by atoms with Gasteiger partial charge in [0.15, 0.2) is 0 Å². The molecule has 1 saturated heterocycles. The number of nitrogens with zero attached hydrogens (tertiary/aromatic N) is 1. The minimum Gasteiger partial charge on any atom is -0.398 e. The highest BCUT2D eigenvalue weighted by Crippen LogP contribution is 2.14. The Balaban J connectivity index is 0.00000242. The lowest BCUT2D eigenvalue weighted by Gasteiger charge is -2.31. The van der Waals surface area contributed by atoms with E-state index < -0.39 is 0 Å². The standard InChI is InChI=1S/C15H22N4O2.2ClH/c1-17-14(20)10-19-8-6-11(7-9-19)18-15(21)12-4-2-3-5-13(12)16;;/h2-5,11H,6-10,16H2,1H3,(H,17,20)(H,18,21);2*1H. The van der Waals surface area contributed by atoms with E-state index in [1.807, 2.05) is 6.07 Å². The third-order valence-electron chi connectivity index (χ3n) is 3.77. The van der Waals surface area contributed by atoms with E-state index in [1.165, 1.54) is 0 Å². The van der Waals surface area contributed by atoms with E-state index in [9.17, 15) is 9.59 Å². The Hall–Kier alpha value is -1.50. The van der Waals surface area contributed by atoms with Crippen molar-refractivity contribution in [2.45, 2.75) is 18.9 Å². The Morgan fingerprint density at radius 3 is 2.39 bits per heavy atom. The highest BCUT2D eigenvalue weighted by Gasteiger charge is 2.22. The maximum Gasteiger partial charge on any atom is 0.253 e. The number of piperidine rings is 1. The van der Waals surface area contributed by atoms with E-state index in [-0.39, 0.29) is 42.7 Å². The lowest BCUT2D eigenvalue weighted by molar-refractivity contribution is -0.122. The highest BCUT2D eigenvalue weighted by atomic mass is 35.5. The van der Waals surface area contributed by atoms with Crippen molar-refractivity contribution in [3.63, 3.8) is 0 Å². The number of hydrogen-bond donors (Lipinski definition) is 3.